The van der Waals surface area contributed by atoms with Crippen molar-refractivity contribution in [3.63, 3.8) is 0 Å². The number of piperidine rings is 2. The zero-order chi connectivity index (χ0) is 19.3. The van der Waals surface area contributed by atoms with Crippen LogP contribution in [0.15, 0.2) is 18.2 Å². The molecule has 3 saturated heterocycles. The first-order chi connectivity index (χ1) is 13.5. The van der Waals surface area contributed by atoms with Gasteiger partial charge in [0.05, 0.1) is 30.3 Å². The molecule has 8 heteroatoms. The average Bonchev–Trinajstić information content (AvgIpc) is 3.27. The van der Waals surface area contributed by atoms with E-state index in [0.717, 1.165) is 48.2 Å². The highest BCUT2D eigenvalue weighted by Gasteiger charge is 2.40. The molecular weight excluding hydrogens is 360 g/mol. The molecule has 1 N–H and O–H groups in total. The molecule has 28 heavy (non-hydrogen) atoms. The number of fused-ring (bicyclic) bond motifs is 1. The third kappa shape index (κ3) is 2.87. The summed E-state index contributed by atoms with van der Waals surface area (Å²) in [7, 11) is 1.90. The van der Waals surface area contributed by atoms with Crippen LogP contribution in [0.1, 0.15) is 37.3 Å². The van der Waals surface area contributed by atoms with E-state index in [1.165, 1.54) is 0 Å². The lowest BCUT2D eigenvalue weighted by Crippen LogP contribution is -2.45. The second kappa shape index (κ2) is 6.56. The number of hydrogen-bond donors (Lipinski definition) is 1. The van der Waals surface area contributed by atoms with Gasteiger partial charge in [0.15, 0.2) is 5.79 Å². The van der Waals surface area contributed by atoms with E-state index in [1.807, 2.05) is 17.8 Å². The Morgan fingerprint density at radius 1 is 1.18 bits per heavy atom. The molecule has 0 saturated carbocycles. The van der Waals surface area contributed by atoms with Crippen molar-refractivity contribution < 1.29 is 19.1 Å². The Hall–Kier alpha value is -2.45. The molecule has 2 aromatic rings. The van der Waals surface area contributed by atoms with Crippen LogP contribution < -0.4 is 10.2 Å². The summed E-state index contributed by atoms with van der Waals surface area (Å²) in [6.45, 7) is 3.13. The van der Waals surface area contributed by atoms with Gasteiger partial charge in [-0.15, -0.1) is 0 Å². The molecule has 3 aliphatic rings. The summed E-state index contributed by atoms with van der Waals surface area (Å²) in [4.78, 5) is 26.1. The first-order valence-electron chi connectivity index (χ1n) is 9.88. The number of imide groups is 1. The topological polar surface area (TPSA) is 85.7 Å². The number of amides is 2. The summed E-state index contributed by atoms with van der Waals surface area (Å²) < 4.78 is 13.5. The molecule has 148 valence electrons. The van der Waals surface area contributed by atoms with Crippen molar-refractivity contribution in [1.29, 1.82) is 0 Å². The maximum absolute atomic E-state index is 12.3. The quantitative estimate of drug-likeness (QED) is 0.789. The van der Waals surface area contributed by atoms with Gasteiger partial charge in [0, 0.05) is 50.5 Å². The molecule has 1 atom stereocenters. The molecule has 0 radical (unpaired) electrons. The van der Waals surface area contributed by atoms with Crippen molar-refractivity contribution in [2.45, 2.75) is 37.4 Å². The SMILES string of the molecule is Cn1nc(C2CCC(=O)NC2=O)c2ccc(N3CCC4(CC3)OCCO4)cc21. The van der Waals surface area contributed by atoms with Gasteiger partial charge in [0.1, 0.15) is 0 Å². The smallest absolute Gasteiger partial charge is 0.235 e. The van der Waals surface area contributed by atoms with Crippen LogP contribution >= 0.6 is 0 Å². The van der Waals surface area contributed by atoms with Gasteiger partial charge >= 0.3 is 0 Å². The molecule has 1 aromatic heterocycles. The molecule has 0 bridgehead atoms. The Morgan fingerprint density at radius 3 is 2.64 bits per heavy atom. The fourth-order valence-corrected chi connectivity index (χ4v) is 4.57. The number of carbonyl (C=O) groups excluding carboxylic acids is 2. The van der Waals surface area contributed by atoms with Crippen LogP contribution in [0.5, 0.6) is 0 Å². The minimum absolute atomic E-state index is 0.207. The van der Waals surface area contributed by atoms with Crippen LogP contribution in [-0.4, -0.2) is 53.7 Å². The molecule has 3 aliphatic heterocycles. The number of anilines is 1. The molecule has 1 unspecified atom stereocenters. The number of aryl methyl sites for hydroxylation is 1. The molecule has 5 rings (SSSR count). The van der Waals surface area contributed by atoms with Crippen molar-refractivity contribution in [3.8, 4) is 0 Å². The Kier molecular flexibility index (Phi) is 4.13. The maximum Gasteiger partial charge on any atom is 0.235 e. The Morgan fingerprint density at radius 2 is 1.93 bits per heavy atom. The number of nitrogens with one attached hydrogen (secondary N) is 1. The van der Waals surface area contributed by atoms with E-state index in [2.05, 4.69) is 27.4 Å². The summed E-state index contributed by atoms with van der Waals surface area (Å²) in [5, 5.41) is 8.02. The van der Waals surface area contributed by atoms with Gasteiger partial charge < -0.3 is 14.4 Å². The summed E-state index contributed by atoms with van der Waals surface area (Å²) in [6.07, 6.45) is 2.58. The second-order valence-electron chi connectivity index (χ2n) is 7.81. The van der Waals surface area contributed by atoms with E-state index in [4.69, 9.17) is 9.47 Å². The Bertz CT molecular complexity index is 937. The first kappa shape index (κ1) is 17.6. The van der Waals surface area contributed by atoms with Crippen molar-refractivity contribution >= 4 is 28.4 Å². The average molecular weight is 384 g/mol. The summed E-state index contributed by atoms with van der Waals surface area (Å²) in [6, 6.07) is 6.27. The van der Waals surface area contributed by atoms with Gasteiger partial charge in [0.2, 0.25) is 11.8 Å². The van der Waals surface area contributed by atoms with Crippen molar-refractivity contribution in [3.05, 3.63) is 23.9 Å². The predicted octanol–water partition coefficient (Wildman–Crippen LogP) is 1.44. The number of ether oxygens (including phenoxy) is 2. The number of carbonyl (C=O) groups is 2. The molecule has 0 aliphatic carbocycles. The van der Waals surface area contributed by atoms with Crippen LogP contribution in [0.3, 0.4) is 0 Å². The largest absolute Gasteiger partial charge is 0.371 e. The predicted molar refractivity (Wildman–Crippen MR) is 102 cm³/mol. The third-order valence-corrected chi connectivity index (χ3v) is 6.14. The second-order valence-corrected chi connectivity index (χ2v) is 7.81. The van der Waals surface area contributed by atoms with Crippen LogP contribution in [-0.2, 0) is 26.1 Å². The van der Waals surface area contributed by atoms with E-state index >= 15 is 0 Å². The number of aromatic nitrogens is 2. The molecule has 3 fully saturated rings. The van der Waals surface area contributed by atoms with Crippen LogP contribution in [0.4, 0.5) is 5.69 Å². The molecule has 2 amide bonds. The van der Waals surface area contributed by atoms with E-state index in [0.29, 0.717) is 26.1 Å². The number of hydrogen-bond acceptors (Lipinski definition) is 6. The highest BCUT2D eigenvalue weighted by atomic mass is 16.7. The van der Waals surface area contributed by atoms with E-state index in [1.54, 1.807) is 0 Å². The Labute approximate surface area is 162 Å². The van der Waals surface area contributed by atoms with E-state index in [-0.39, 0.29) is 23.5 Å². The van der Waals surface area contributed by atoms with Gasteiger partial charge in [-0.3, -0.25) is 19.6 Å². The van der Waals surface area contributed by atoms with Crippen LogP contribution in [0.25, 0.3) is 10.9 Å². The number of nitrogens with zero attached hydrogens (tertiary/aromatic N) is 3. The van der Waals surface area contributed by atoms with Gasteiger partial charge in [-0.25, -0.2) is 0 Å². The maximum atomic E-state index is 12.3. The number of rotatable bonds is 2. The van der Waals surface area contributed by atoms with Gasteiger partial charge in [-0.1, -0.05) is 0 Å². The molecule has 8 nitrogen and oxygen atoms in total. The van der Waals surface area contributed by atoms with Gasteiger partial charge in [0.25, 0.3) is 0 Å². The normalized spacial score (nSPS) is 24.9. The van der Waals surface area contributed by atoms with Crippen molar-refractivity contribution in [2.75, 3.05) is 31.2 Å². The third-order valence-electron chi connectivity index (χ3n) is 6.14. The summed E-state index contributed by atoms with van der Waals surface area (Å²) >= 11 is 0. The lowest BCUT2D eigenvalue weighted by atomic mass is 9.92. The van der Waals surface area contributed by atoms with Crippen LogP contribution in [0, 0.1) is 0 Å². The van der Waals surface area contributed by atoms with Gasteiger partial charge in [-0.05, 0) is 24.6 Å². The standard InChI is InChI=1S/C20H24N4O4/c1-23-16-12-13(24-8-6-20(7-9-24)27-10-11-28-20)2-3-14(16)18(22-23)15-4-5-17(25)21-19(15)26/h2-3,12,15H,4-11H2,1H3,(H,21,25,26). The zero-order valence-corrected chi connectivity index (χ0v) is 15.9. The fourth-order valence-electron chi connectivity index (χ4n) is 4.57. The summed E-state index contributed by atoms with van der Waals surface area (Å²) in [5.74, 6) is -1.22. The minimum atomic E-state index is -0.383. The molecule has 4 heterocycles. The zero-order valence-electron chi connectivity index (χ0n) is 15.9. The van der Waals surface area contributed by atoms with Crippen molar-refractivity contribution in [2.24, 2.45) is 7.05 Å². The lowest BCUT2D eigenvalue weighted by Gasteiger charge is -2.38. The minimum Gasteiger partial charge on any atom is -0.371 e. The summed E-state index contributed by atoms with van der Waals surface area (Å²) in [5.41, 5.74) is 2.88. The molecule has 1 spiro atoms. The Balaban J connectivity index is 1.41. The highest BCUT2D eigenvalue weighted by Crippen LogP contribution is 2.35. The van der Waals surface area contributed by atoms with Gasteiger partial charge in [-0.2, -0.15) is 5.10 Å². The molecule has 1 aromatic carbocycles. The van der Waals surface area contributed by atoms with Crippen LogP contribution in [0.2, 0.25) is 0 Å². The first-order valence-corrected chi connectivity index (χ1v) is 9.88. The lowest BCUT2D eigenvalue weighted by molar-refractivity contribution is -0.169. The molecular formula is C20H24N4O4. The van der Waals surface area contributed by atoms with E-state index < -0.39 is 0 Å². The highest BCUT2D eigenvalue weighted by molar-refractivity contribution is 6.02. The number of benzene rings is 1. The van der Waals surface area contributed by atoms with Crippen molar-refractivity contribution in [1.82, 2.24) is 15.1 Å². The van der Waals surface area contributed by atoms with E-state index in [9.17, 15) is 9.59 Å². The monoisotopic (exact) mass is 384 g/mol. The fraction of sp³-hybridized carbons (Fsp3) is 0.550.